The van der Waals surface area contributed by atoms with Crippen molar-refractivity contribution in [2.75, 3.05) is 6.54 Å². The molecule has 0 aromatic heterocycles. The lowest BCUT2D eigenvalue weighted by Crippen LogP contribution is -2.28. The Morgan fingerprint density at radius 2 is 0.868 bits per heavy atom. The number of allylic oxidation sites excluding steroid dienone is 6. The van der Waals surface area contributed by atoms with Crippen LogP contribution in [0.5, 0.6) is 0 Å². The smallest absolute Gasteiger partial charge is 0.322 e. The summed E-state index contributed by atoms with van der Waals surface area (Å²) in [6, 6.07) is 0. The van der Waals surface area contributed by atoms with E-state index in [1.807, 2.05) is 0 Å². The first kappa shape index (κ1) is 50.6. The van der Waals surface area contributed by atoms with Gasteiger partial charge in [-0.15, -0.1) is 0 Å². The summed E-state index contributed by atoms with van der Waals surface area (Å²) in [6.45, 7) is 4.21. The van der Waals surface area contributed by atoms with Crippen molar-refractivity contribution in [1.82, 2.24) is 5.32 Å². The van der Waals surface area contributed by atoms with Gasteiger partial charge in [-0.2, -0.15) is 0 Å². The Balaban J connectivity index is 3.98. The largest absolute Gasteiger partial charge is 0.480 e. The third-order valence-corrected chi connectivity index (χ3v) is 10.1. The van der Waals surface area contributed by atoms with E-state index < -0.39 is 5.97 Å². The Labute approximate surface area is 327 Å². The highest BCUT2D eigenvalue weighted by molar-refractivity contribution is 5.80. The molecule has 0 rings (SSSR count). The van der Waals surface area contributed by atoms with Gasteiger partial charge in [-0.1, -0.05) is 179 Å². The number of carbonyl (C=O) groups excluding carboxylic acids is 2. The zero-order chi connectivity index (χ0) is 38.7. The van der Waals surface area contributed by atoms with Crippen molar-refractivity contribution in [2.24, 2.45) is 0 Å². The highest BCUT2D eigenvalue weighted by atomic mass is 16.5. The van der Waals surface area contributed by atoms with Crippen LogP contribution in [0.1, 0.15) is 232 Å². The van der Waals surface area contributed by atoms with Crippen molar-refractivity contribution in [3.63, 3.8) is 0 Å². The van der Waals surface area contributed by atoms with Gasteiger partial charge in [-0.3, -0.25) is 14.4 Å². The van der Waals surface area contributed by atoms with Crippen LogP contribution in [0, 0.1) is 0 Å². The number of amides is 1. The number of ether oxygens (including phenoxy) is 1. The number of carboxylic acids is 1. The second-order valence-electron chi connectivity index (χ2n) is 15.3. The van der Waals surface area contributed by atoms with Gasteiger partial charge in [-0.25, -0.2) is 0 Å². The number of carboxylic acid groups (broad SMARTS) is 1. The summed E-state index contributed by atoms with van der Waals surface area (Å²) in [5, 5.41) is 11.1. The molecule has 53 heavy (non-hydrogen) atoms. The summed E-state index contributed by atoms with van der Waals surface area (Å²) in [4.78, 5) is 35.0. The maximum Gasteiger partial charge on any atom is 0.322 e. The maximum absolute atomic E-state index is 12.7. The van der Waals surface area contributed by atoms with Gasteiger partial charge in [-0.05, 0) is 77.0 Å². The number of hydrogen-bond donors (Lipinski definition) is 2. The number of esters is 1. The molecule has 0 aliphatic heterocycles. The summed E-state index contributed by atoms with van der Waals surface area (Å²) in [7, 11) is 0. The van der Waals surface area contributed by atoms with E-state index in [1.54, 1.807) is 0 Å². The zero-order valence-electron chi connectivity index (χ0n) is 34.9. The van der Waals surface area contributed by atoms with Crippen molar-refractivity contribution in [3.05, 3.63) is 36.5 Å². The van der Waals surface area contributed by atoms with Crippen LogP contribution in [0.4, 0.5) is 0 Å². The first-order valence-electron chi connectivity index (χ1n) is 22.6. The maximum atomic E-state index is 12.7. The molecule has 0 aliphatic rings. The molecule has 0 fully saturated rings. The lowest BCUT2D eigenvalue weighted by Gasteiger charge is -2.18. The van der Waals surface area contributed by atoms with Crippen LogP contribution in [-0.2, 0) is 19.1 Å². The highest BCUT2D eigenvalue weighted by Crippen LogP contribution is 2.19. The number of unbranched alkanes of at least 4 members (excludes halogenated alkanes) is 24. The molecule has 308 valence electrons. The van der Waals surface area contributed by atoms with Gasteiger partial charge in [0.15, 0.2) is 0 Å². The molecule has 0 spiro atoms. The summed E-state index contributed by atoms with van der Waals surface area (Å²) >= 11 is 0. The van der Waals surface area contributed by atoms with Gasteiger partial charge in [0.1, 0.15) is 12.6 Å². The van der Waals surface area contributed by atoms with Crippen LogP contribution in [0.15, 0.2) is 36.5 Å². The molecule has 1 unspecified atom stereocenters. The van der Waals surface area contributed by atoms with Crippen LogP contribution >= 0.6 is 0 Å². The van der Waals surface area contributed by atoms with Crippen LogP contribution < -0.4 is 5.32 Å². The third kappa shape index (κ3) is 42.2. The standard InChI is InChI=1S/C47H85NO5/c1-3-5-7-9-11-13-14-15-16-17-18-19-20-21-22-23-24-25-26-27-29-34-38-42-47(52)53-44(39-35-31-28-12-10-8-6-4-2)40-36-32-30-33-37-41-45(49)48-43-46(50)51/h14-15,17-18,20-21,44H,3-13,16,19,22-43H2,1-2H3,(H,48,49)(H,50,51)/b15-14-,18-17-,21-20-. The second-order valence-corrected chi connectivity index (χ2v) is 15.3. The van der Waals surface area contributed by atoms with E-state index >= 15 is 0 Å². The predicted molar refractivity (Wildman–Crippen MR) is 226 cm³/mol. The average molecular weight is 744 g/mol. The minimum Gasteiger partial charge on any atom is -0.480 e. The fourth-order valence-corrected chi connectivity index (χ4v) is 6.70. The Hall–Kier alpha value is -2.37. The van der Waals surface area contributed by atoms with Gasteiger partial charge in [0, 0.05) is 12.8 Å². The van der Waals surface area contributed by atoms with E-state index in [0.29, 0.717) is 12.8 Å². The van der Waals surface area contributed by atoms with E-state index in [-0.39, 0.29) is 24.5 Å². The molecular weight excluding hydrogens is 659 g/mol. The lowest BCUT2D eigenvalue weighted by molar-refractivity contribution is -0.150. The second kappa shape index (κ2) is 42.4. The molecule has 1 atom stereocenters. The zero-order valence-corrected chi connectivity index (χ0v) is 34.9. The number of hydrogen-bond acceptors (Lipinski definition) is 4. The van der Waals surface area contributed by atoms with Gasteiger partial charge in [0.05, 0.1) is 0 Å². The van der Waals surface area contributed by atoms with E-state index in [1.165, 1.54) is 128 Å². The summed E-state index contributed by atoms with van der Waals surface area (Å²) < 4.78 is 6.01. The summed E-state index contributed by atoms with van der Waals surface area (Å²) in [5.74, 6) is -1.23. The topological polar surface area (TPSA) is 92.7 Å². The van der Waals surface area contributed by atoms with Crippen LogP contribution in [-0.4, -0.2) is 35.6 Å². The van der Waals surface area contributed by atoms with Gasteiger partial charge >= 0.3 is 11.9 Å². The fourth-order valence-electron chi connectivity index (χ4n) is 6.70. The van der Waals surface area contributed by atoms with E-state index in [4.69, 9.17) is 9.84 Å². The fraction of sp³-hybridized carbons (Fsp3) is 0.809. The van der Waals surface area contributed by atoms with E-state index in [2.05, 4.69) is 55.6 Å². The number of carbonyl (C=O) groups is 3. The highest BCUT2D eigenvalue weighted by Gasteiger charge is 2.14. The number of nitrogens with one attached hydrogen (secondary N) is 1. The average Bonchev–Trinajstić information content (AvgIpc) is 3.14. The summed E-state index contributed by atoms with van der Waals surface area (Å²) in [6.07, 6.45) is 52.8. The molecular formula is C47H85NO5. The first-order chi connectivity index (χ1) is 26.0. The van der Waals surface area contributed by atoms with Gasteiger partial charge in [0.25, 0.3) is 0 Å². The number of rotatable bonds is 41. The minimum atomic E-state index is -1.02. The van der Waals surface area contributed by atoms with Crippen LogP contribution in [0.2, 0.25) is 0 Å². The first-order valence-corrected chi connectivity index (χ1v) is 22.6. The van der Waals surface area contributed by atoms with Crippen molar-refractivity contribution < 1.29 is 24.2 Å². The normalized spacial score (nSPS) is 12.3. The quantitative estimate of drug-likeness (QED) is 0.0369. The minimum absolute atomic E-state index is 0.0224. The van der Waals surface area contributed by atoms with E-state index in [9.17, 15) is 14.4 Å². The van der Waals surface area contributed by atoms with Gasteiger partial charge in [0.2, 0.25) is 5.91 Å². The van der Waals surface area contributed by atoms with Crippen LogP contribution in [0.3, 0.4) is 0 Å². The molecule has 0 bridgehead atoms. The summed E-state index contributed by atoms with van der Waals surface area (Å²) in [5.41, 5.74) is 0. The molecule has 0 heterocycles. The molecule has 0 aromatic carbocycles. The molecule has 0 aromatic rings. The van der Waals surface area contributed by atoms with Crippen molar-refractivity contribution in [1.29, 1.82) is 0 Å². The Kier molecular flexibility index (Phi) is 40.5. The monoisotopic (exact) mass is 744 g/mol. The van der Waals surface area contributed by atoms with Crippen molar-refractivity contribution in [3.8, 4) is 0 Å². The molecule has 6 heteroatoms. The Morgan fingerprint density at radius 1 is 0.491 bits per heavy atom. The lowest BCUT2D eigenvalue weighted by atomic mass is 10.0. The molecule has 0 radical (unpaired) electrons. The number of aliphatic carboxylic acids is 1. The SMILES string of the molecule is CCCCCCC/C=C\C/C=C\C/C=C\CCCCCCCCCCC(=O)OC(CCCCCCCCCC)CCCCCCCC(=O)NCC(=O)O. The Bertz CT molecular complexity index is 911. The van der Waals surface area contributed by atoms with Gasteiger partial charge < -0.3 is 15.2 Å². The third-order valence-electron chi connectivity index (χ3n) is 10.1. The predicted octanol–water partition coefficient (Wildman–Crippen LogP) is 14.1. The van der Waals surface area contributed by atoms with Crippen LogP contribution in [0.25, 0.3) is 0 Å². The molecule has 6 nitrogen and oxygen atoms in total. The van der Waals surface area contributed by atoms with Crippen molar-refractivity contribution in [2.45, 2.75) is 238 Å². The molecule has 0 saturated carbocycles. The molecule has 1 amide bonds. The Morgan fingerprint density at radius 3 is 1.32 bits per heavy atom. The van der Waals surface area contributed by atoms with E-state index in [0.717, 1.165) is 77.0 Å². The molecule has 0 aliphatic carbocycles. The molecule has 0 saturated heterocycles. The molecule has 2 N–H and O–H groups in total. The van der Waals surface area contributed by atoms with Crippen molar-refractivity contribution >= 4 is 17.8 Å².